The second kappa shape index (κ2) is 16.3. The molecular formula is C45H47ClF4N6O6S. The lowest BCUT2D eigenvalue weighted by atomic mass is 9.93. The van der Waals surface area contributed by atoms with E-state index in [0.29, 0.717) is 30.8 Å². The van der Waals surface area contributed by atoms with Crippen molar-refractivity contribution < 1.29 is 45.0 Å². The van der Waals surface area contributed by atoms with Gasteiger partial charge in [-0.3, -0.25) is 4.90 Å². The molecule has 5 aromatic rings. The van der Waals surface area contributed by atoms with Crippen molar-refractivity contribution in [2.45, 2.75) is 102 Å². The van der Waals surface area contributed by atoms with Crippen molar-refractivity contribution in [2.24, 2.45) is 0 Å². The van der Waals surface area contributed by atoms with Crippen molar-refractivity contribution in [2.75, 3.05) is 36.8 Å². The average Bonchev–Trinajstić information content (AvgIpc) is 3.44. The predicted molar refractivity (Wildman–Crippen MR) is 231 cm³/mol. The molecule has 2 bridgehead atoms. The zero-order valence-electron chi connectivity index (χ0n) is 35.8. The van der Waals surface area contributed by atoms with Gasteiger partial charge in [0.15, 0.2) is 5.82 Å². The molecule has 18 heteroatoms. The first-order chi connectivity index (χ1) is 29.7. The Kier molecular flexibility index (Phi) is 11.4. The van der Waals surface area contributed by atoms with Gasteiger partial charge in [-0.05, 0) is 106 Å². The predicted octanol–water partition coefficient (Wildman–Crippen LogP) is 9.34. The maximum atomic E-state index is 17.7. The number of amides is 1. The first-order valence-corrected chi connectivity index (χ1v) is 22.7. The first kappa shape index (κ1) is 44.2. The number of carbonyl (C=O) groups excluding carboxylic acids is 1. The van der Waals surface area contributed by atoms with E-state index in [4.69, 9.17) is 25.8 Å². The number of sulfone groups is 1. The fraction of sp³-hybridized carbons (Fsp3) is 0.422. The molecule has 334 valence electrons. The van der Waals surface area contributed by atoms with Crippen LogP contribution >= 0.6 is 11.6 Å². The van der Waals surface area contributed by atoms with Crippen LogP contribution in [0.25, 0.3) is 22.2 Å². The van der Waals surface area contributed by atoms with Gasteiger partial charge in [-0.1, -0.05) is 35.9 Å². The Hall–Kier alpha value is -5.42. The molecule has 3 atom stereocenters. The van der Waals surface area contributed by atoms with Gasteiger partial charge in [0.25, 0.3) is 0 Å². The molecule has 3 aliphatic rings. The van der Waals surface area contributed by atoms with Crippen LogP contribution in [0.4, 0.5) is 34.0 Å². The summed E-state index contributed by atoms with van der Waals surface area (Å²) in [4.78, 5) is 32.3. The molecular weight excluding hydrogens is 864 g/mol. The Morgan fingerprint density at radius 2 is 1.51 bits per heavy atom. The van der Waals surface area contributed by atoms with Crippen LogP contribution < -0.4 is 19.3 Å². The van der Waals surface area contributed by atoms with Gasteiger partial charge in [-0.25, -0.2) is 32.6 Å². The summed E-state index contributed by atoms with van der Waals surface area (Å²) in [5, 5.41) is -0.925. The summed E-state index contributed by atoms with van der Waals surface area (Å²) >= 11 is 7.23. The van der Waals surface area contributed by atoms with E-state index in [1.54, 1.807) is 54.8 Å². The molecule has 0 aliphatic carbocycles. The van der Waals surface area contributed by atoms with Crippen molar-refractivity contribution >= 4 is 50.1 Å². The first-order valence-electron chi connectivity index (χ1n) is 20.5. The third kappa shape index (κ3) is 8.41. The number of alkyl halides is 3. The van der Waals surface area contributed by atoms with Gasteiger partial charge in [0.05, 0.1) is 59.6 Å². The molecule has 2 saturated heterocycles. The van der Waals surface area contributed by atoms with E-state index >= 15 is 17.6 Å². The molecule has 2 fully saturated rings. The number of hydrogen-bond acceptors (Lipinski definition) is 11. The van der Waals surface area contributed by atoms with E-state index in [9.17, 15) is 13.2 Å². The highest BCUT2D eigenvalue weighted by molar-refractivity contribution is 7.90. The van der Waals surface area contributed by atoms with E-state index in [0.717, 1.165) is 17.4 Å². The molecule has 1 amide bonds. The number of pyridine rings is 1. The molecule has 0 N–H and O–H groups in total. The van der Waals surface area contributed by atoms with Crippen LogP contribution in [0.1, 0.15) is 67.9 Å². The van der Waals surface area contributed by atoms with E-state index in [1.165, 1.54) is 27.2 Å². The fourth-order valence-electron chi connectivity index (χ4n) is 9.16. The van der Waals surface area contributed by atoms with Crippen LogP contribution in [0.15, 0.2) is 59.8 Å². The largest absolute Gasteiger partial charge is 0.497 e. The number of piperazine rings is 1. The highest BCUT2D eigenvalue weighted by Crippen LogP contribution is 2.50. The Labute approximate surface area is 368 Å². The molecule has 0 spiro atoms. The summed E-state index contributed by atoms with van der Waals surface area (Å²) in [6.45, 7) is 7.19. The lowest BCUT2D eigenvalue weighted by molar-refractivity contribution is -0.137. The Morgan fingerprint density at radius 3 is 2.05 bits per heavy atom. The summed E-state index contributed by atoms with van der Waals surface area (Å²) in [6, 6.07) is 14.5. The minimum absolute atomic E-state index is 0.0881. The van der Waals surface area contributed by atoms with Gasteiger partial charge in [-0.15, -0.1) is 0 Å². The van der Waals surface area contributed by atoms with Gasteiger partial charge < -0.3 is 24.0 Å². The summed E-state index contributed by atoms with van der Waals surface area (Å²) in [5.74, 6) is 0.140. The van der Waals surface area contributed by atoms with Crippen LogP contribution in [0.2, 0.25) is 5.02 Å². The van der Waals surface area contributed by atoms with Gasteiger partial charge in [0.1, 0.15) is 34.3 Å². The fourth-order valence-corrected chi connectivity index (χ4v) is 10.0. The van der Waals surface area contributed by atoms with E-state index in [1.807, 2.05) is 29.2 Å². The topological polar surface area (TPSA) is 127 Å². The SMILES string of the molecule is COc1ccc(CN(Cc2ccc(OC)cc2)c2cc(C)c(C(F)(F)F)c(-c3c(Cl)c4c5c(nc(S(C)(=O)=O)nc5c3F)N3C[C@H]5CC[C@@H]([C@H]3CC4)N5C(=O)OC(C)(C)C)n2)cc1. The van der Waals surface area contributed by atoms with Gasteiger partial charge >= 0.3 is 12.3 Å². The summed E-state index contributed by atoms with van der Waals surface area (Å²) < 4.78 is 107. The lowest BCUT2D eigenvalue weighted by Crippen LogP contribution is -2.62. The van der Waals surface area contributed by atoms with Crippen LogP contribution in [0.3, 0.4) is 0 Å². The molecule has 0 saturated carbocycles. The number of aryl methyl sites for hydroxylation is 2. The van der Waals surface area contributed by atoms with Gasteiger partial charge in [0.2, 0.25) is 15.0 Å². The monoisotopic (exact) mass is 910 g/mol. The van der Waals surface area contributed by atoms with Crippen molar-refractivity contribution in [1.29, 1.82) is 0 Å². The molecule has 0 radical (unpaired) electrons. The zero-order chi connectivity index (χ0) is 45.3. The van der Waals surface area contributed by atoms with Crippen molar-refractivity contribution in [3.05, 3.63) is 93.3 Å². The van der Waals surface area contributed by atoms with Crippen LogP contribution in [0.5, 0.6) is 11.5 Å². The molecule has 5 heterocycles. The minimum Gasteiger partial charge on any atom is -0.497 e. The third-order valence-electron chi connectivity index (χ3n) is 11.9. The van der Waals surface area contributed by atoms with Gasteiger partial charge in [0, 0.05) is 25.9 Å². The number of methoxy groups -OCH3 is 2. The van der Waals surface area contributed by atoms with Gasteiger partial charge in [-0.2, -0.15) is 13.2 Å². The maximum Gasteiger partial charge on any atom is 0.418 e. The second-order valence-corrected chi connectivity index (χ2v) is 19.6. The van der Waals surface area contributed by atoms with E-state index < -0.39 is 67.1 Å². The summed E-state index contributed by atoms with van der Waals surface area (Å²) in [7, 11) is -1.12. The lowest BCUT2D eigenvalue weighted by Gasteiger charge is -2.47. The number of ether oxygens (including phenoxy) is 3. The van der Waals surface area contributed by atoms with E-state index in [2.05, 4.69) is 15.0 Å². The molecule has 0 unspecified atom stereocenters. The number of aromatic nitrogens is 3. The van der Waals surface area contributed by atoms with Crippen LogP contribution in [-0.2, 0) is 40.3 Å². The molecule has 2 aromatic heterocycles. The number of carbonyl (C=O) groups is 1. The van der Waals surface area contributed by atoms with Crippen molar-refractivity contribution in [3.63, 3.8) is 0 Å². The number of benzene rings is 3. The van der Waals surface area contributed by atoms with E-state index in [-0.39, 0.29) is 71.3 Å². The number of fused-ring (bicyclic) bond motifs is 5. The highest BCUT2D eigenvalue weighted by Gasteiger charge is 2.51. The highest BCUT2D eigenvalue weighted by atomic mass is 35.5. The standard InChI is InChI=1S/C45H47ClF4N6O6S/c1-24-20-33(54(21-25-8-13-28(60-5)14-9-25)22-26-10-15-29(61-6)16-11-26)51-39(36(24)45(48,49)50)35-37(46)30-17-19-31-32-18-12-27(56(32)43(57)62-44(2,3)4)23-55(31)41-34(30)40(38(35)47)52-42(53-41)63(7,58)59/h8-11,13-16,20,27,31-32H,12,17-19,21-23H2,1-7H3/t27-,31-,32+/m1/s1. The number of hydrogen-bond donors (Lipinski definition) is 0. The molecule has 3 aromatic carbocycles. The third-order valence-corrected chi connectivity index (χ3v) is 13.2. The Bertz CT molecular complexity index is 2670. The van der Waals surface area contributed by atoms with Crippen molar-refractivity contribution in [1.82, 2.24) is 19.9 Å². The van der Waals surface area contributed by atoms with Crippen LogP contribution in [0, 0.1) is 12.7 Å². The molecule has 12 nitrogen and oxygen atoms in total. The van der Waals surface area contributed by atoms with Crippen molar-refractivity contribution in [3.8, 4) is 22.8 Å². The quantitative estimate of drug-likeness (QED) is 0.104. The molecule has 3 aliphatic heterocycles. The normalized spacial score (nSPS) is 18.6. The Morgan fingerprint density at radius 1 is 0.905 bits per heavy atom. The average molecular weight is 911 g/mol. The number of rotatable bonds is 9. The Balaban J connectivity index is 1.32. The number of nitrogens with zero attached hydrogens (tertiary/aromatic N) is 6. The molecule has 63 heavy (non-hydrogen) atoms. The molecule has 8 rings (SSSR count). The van der Waals surface area contributed by atoms with Crippen LogP contribution in [-0.4, -0.2) is 85.1 Å². The number of anilines is 2. The number of halogens is 5. The minimum atomic E-state index is -5.03. The second-order valence-electron chi connectivity index (χ2n) is 17.3. The smallest absolute Gasteiger partial charge is 0.418 e. The maximum absolute atomic E-state index is 17.7. The zero-order valence-corrected chi connectivity index (χ0v) is 37.4. The summed E-state index contributed by atoms with van der Waals surface area (Å²) in [5.41, 5.74) is -2.32. The summed E-state index contributed by atoms with van der Waals surface area (Å²) in [6.07, 6.45) is -2.95.